The highest BCUT2D eigenvalue weighted by Crippen LogP contribution is 2.03. The van der Waals surface area contributed by atoms with Crippen LogP contribution in [0.3, 0.4) is 0 Å². The molecule has 0 aliphatic carbocycles. The van der Waals surface area contributed by atoms with E-state index < -0.39 is 17.9 Å². The van der Waals surface area contributed by atoms with Gasteiger partial charge in [-0.2, -0.15) is 0 Å². The van der Waals surface area contributed by atoms with Gasteiger partial charge in [-0.25, -0.2) is 9.59 Å². The number of primary amides is 1. The van der Waals surface area contributed by atoms with E-state index in [-0.39, 0.29) is 19.1 Å². The van der Waals surface area contributed by atoms with Crippen LogP contribution < -0.4 is 21.7 Å². The van der Waals surface area contributed by atoms with Gasteiger partial charge in [-0.15, -0.1) is 0 Å². The average molecular weight is 260 g/mol. The molecule has 0 aliphatic heterocycles. The minimum absolute atomic E-state index is 0.263. The van der Waals surface area contributed by atoms with Gasteiger partial charge in [0.1, 0.15) is 0 Å². The molecule has 0 radical (unpaired) electrons. The summed E-state index contributed by atoms with van der Waals surface area (Å²) in [5.41, 5.74) is 4.83. The fourth-order valence-corrected chi connectivity index (χ4v) is 1.16. The molecule has 0 spiro atoms. The van der Waals surface area contributed by atoms with Gasteiger partial charge < -0.3 is 26.8 Å². The zero-order valence-corrected chi connectivity index (χ0v) is 10.4. The lowest BCUT2D eigenvalue weighted by atomic mass is 10.1. The molecule has 8 nitrogen and oxygen atoms in total. The Morgan fingerprint density at radius 2 is 1.67 bits per heavy atom. The molecule has 4 amide bonds. The zero-order valence-electron chi connectivity index (χ0n) is 10.4. The smallest absolute Gasteiger partial charge is 0.314 e. The first-order valence-electron chi connectivity index (χ1n) is 5.71. The lowest BCUT2D eigenvalue weighted by Crippen LogP contribution is -2.41. The summed E-state index contributed by atoms with van der Waals surface area (Å²) >= 11 is 0. The molecule has 1 atom stereocenters. The predicted octanol–water partition coefficient (Wildman–Crippen LogP) is -0.545. The SMILES string of the molecule is CC(CCCNC(=O)NCCNC(N)=O)C(=O)O. The average Bonchev–Trinajstić information content (AvgIpc) is 2.29. The van der Waals surface area contributed by atoms with Crippen molar-refractivity contribution >= 4 is 18.0 Å². The summed E-state index contributed by atoms with van der Waals surface area (Å²) in [6, 6.07) is -0.996. The molecule has 0 saturated carbocycles. The maximum absolute atomic E-state index is 11.2. The third-order valence-corrected chi connectivity index (χ3v) is 2.23. The third kappa shape index (κ3) is 9.25. The van der Waals surface area contributed by atoms with E-state index in [4.69, 9.17) is 10.8 Å². The van der Waals surface area contributed by atoms with E-state index in [1.54, 1.807) is 6.92 Å². The first-order chi connectivity index (χ1) is 8.43. The molecule has 0 aromatic heterocycles. The van der Waals surface area contributed by atoms with Crippen LogP contribution in [0.4, 0.5) is 9.59 Å². The van der Waals surface area contributed by atoms with Crippen molar-refractivity contribution in [3.63, 3.8) is 0 Å². The van der Waals surface area contributed by atoms with Crippen LogP contribution in [-0.2, 0) is 4.79 Å². The van der Waals surface area contributed by atoms with Gasteiger partial charge in [0.25, 0.3) is 0 Å². The number of amides is 4. The number of carboxylic acid groups (broad SMARTS) is 1. The Labute approximate surface area is 105 Å². The summed E-state index contributed by atoms with van der Waals surface area (Å²) in [6.07, 6.45) is 1.11. The number of aliphatic carboxylic acids is 1. The van der Waals surface area contributed by atoms with Gasteiger partial charge in [-0.05, 0) is 12.8 Å². The second kappa shape index (κ2) is 9.08. The molecular weight excluding hydrogens is 240 g/mol. The van der Waals surface area contributed by atoms with E-state index in [0.29, 0.717) is 19.4 Å². The van der Waals surface area contributed by atoms with Crippen LogP contribution in [-0.4, -0.2) is 42.8 Å². The normalized spacial score (nSPS) is 11.4. The molecule has 104 valence electrons. The molecule has 18 heavy (non-hydrogen) atoms. The fraction of sp³-hybridized carbons (Fsp3) is 0.700. The third-order valence-electron chi connectivity index (χ3n) is 2.23. The number of nitrogens with two attached hydrogens (primary N) is 1. The lowest BCUT2D eigenvalue weighted by Gasteiger charge is -2.09. The monoisotopic (exact) mass is 260 g/mol. The van der Waals surface area contributed by atoms with Crippen LogP contribution in [0, 0.1) is 5.92 Å². The van der Waals surface area contributed by atoms with Gasteiger partial charge in [0.05, 0.1) is 5.92 Å². The van der Waals surface area contributed by atoms with Crippen LogP contribution in [0.15, 0.2) is 0 Å². The van der Waals surface area contributed by atoms with Crippen molar-refractivity contribution in [1.29, 1.82) is 0 Å². The van der Waals surface area contributed by atoms with Crippen molar-refractivity contribution < 1.29 is 19.5 Å². The number of rotatable bonds is 8. The lowest BCUT2D eigenvalue weighted by molar-refractivity contribution is -0.141. The predicted molar refractivity (Wildman–Crippen MR) is 65.0 cm³/mol. The number of carboxylic acids is 1. The second-order valence-electron chi connectivity index (χ2n) is 3.86. The van der Waals surface area contributed by atoms with Crippen molar-refractivity contribution in [3.8, 4) is 0 Å². The van der Waals surface area contributed by atoms with Gasteiger partial charge in [0.2, 0.25) is 0 Å². The highest BCUT2D eigenvalue weighted by atomic mass is 16.4. The van der Waals surface area contributed by atoms with E-state index in [1.165, 1.54) is 0 Å². The molecule has 8 heteroatoms. The summed E-state index contributed by atoms with van der Waals surface area (Å²) in [5, 5.41) is 16.1. The molecule has 1 unspecified atom stereocenters. The molecule has 0 aliphatic rings. The Bertz CT molecular complexity index is 296. The minimum Gasteiger partial charge on any atom is -0.481 e. The Balaban J connectivity index is 3.42. The standard InChI is InChI=1S/C10H20N4O4/c1-7(8(15)16)3-2-4-13-10(18)14-6-5-12-9(11)17/h7H,2-6H2,1H3,(H,15,16)(H3,11,12,17)(H2,13,14,18). The topological polar surface area (TPSA) is 134 Å². The summed E-state index contributed by atoms with van der Waals surface area (Å²) < 4.78 is 0. The molecule has 0 bridgehead atoms. The van der Waals surface area contributed by atoms with Gasteiger partial charge in [0.15, 0.2) is 0 Å². The van der Waals surface area contributed by atoms with Crippen molar-refractivity contribution in [2.45, 2.75) is 19.8 Å². The Kier molecular flexibility index (Phi) is 8.08. The van der Waals surface area contributed by atoms with Gasteiger partial charge in [-0.3, -0.25) is 4.79 Å². The van der Waals surface area contributed by atoms with Crippen molar-refractivity contribution in [1.82, 2.24) is 16.0 Å². The van der Waals surface area contributed by atoms with Crippen LogP contribution in [0.25, 0.3) is 0 Å². The number of urea groups is 2. The molecule has 0 aromatic rings. The van der Waals surface area contributed by atoms with Crippen molar-refractivity contribution in [2.24, 2.45) is 11.7 Å². The van der Waals surface area contributed by atoms with E-state index in [2.05, 4.69) is 16.0 Å². The quantitative estimate of drug-likeness (QED) is 0.374. The number of hydrogen-bond donors (Lipinski definition) is 5. The molecular formula is C10H20N4O4. The van der Waals surface area contributed by atoms with E-state index in [1.807, 2.05) is 0 Å². The van der Waals surface area contributed by atoms with Gasteiger partial charge >= 0.3 is 18.0 Å². The highest BCUT2D eigenvalue weighted by Gasteiger charge is 2.09. The molecule has 0 fully saturated rings. The molecule has 0 rings (SSSR count). The molecule has 0 aromatic carbocycles. The number of carbonyl (C=O) groups excluding carboxylic acids is 2. The van der Waals surface area contributed by atoms with Crippen molar-refractivity contribution in [2.75, 3.05) is 19.6 Å². The van der Waals surface area contributed by atoms with E-state index >= 15 is 0 Å². The number of nitrogens with one attached hydrogen (secondary N) is 3. The summed E-state index contributed by atoms with van der Waals surface area (Å²) in [7, 11) is 0. The molecule has 0 saturated heterocycles. The fourth-order valence-electron chi connectivity index (χ4n) is 1.16. The Hall–Kier alpha value is -1.99. The highest BCUT2D eigenvalue weighted by molar-refractivity contribution is 5.74. The first-order valence-corrected chi connectivity index (χ1v) is 5.71. The van der Waals surface area contributed by atoms with Gasteiger partial charge in [0, 0.05) is 19.6 Å². The second-order valence-corrected chi connectivity index (χ2v) is 3.86. The molecule has 0 heterocycles. The van der Waals surface area contributed by atoms with E-state index in [9.17, 15) is 14.4 Å². The first kappa shape index (κ1) is 16.0. The summed E-state index contributed by atoms with van der Waals surface area (Å²) in [5.74, 6) is -1.24. The minimum atomic E-state index is -0.836. The largest absolute Gasteiger partial charge is 0.481 e. The Morgan fingerprint density at radius 1 is 1.11 bits per heavy atom. The summed E-state index contributed by atoms with van der Waals surface area (Å²) in [4.78, 5) is 32.0. The number of hydrogen-bond acceptors (Lipinski definition) is 3. The molecule has 6 N–H and O–H groups in total. The van der Waals surface area contributed by atoms with Crippen molar-refractivity contribution in [3.05, 3.63) is 0 Å². The zero-order chi connectivity index (χ0) is 14.0. The maximum atomic E-state index is 11.2. The van der Waals surface area contributed by atoms with Crippen LogP contribution in [0.1, 0.15) is 19.8 Å². The summed E-state index contributed by atoms with van der Waals surface area (Å²) in [6.45, 7) is 2.57. The van der Waals surface area contributed by atoms with E-state index in [0.717, 1.165) is 0 Å². The van der Waals surface area contributed by atoms with Crippen LogP contribution in [0.2, 0.25) is 0 Å². The number of carbonyl (C=O) groups is 3. The maximum Gasteiger partial charge on any atom is 0.314 e. The van der Waals surface area contributed by atoms with Crippen LogP contribution in [0.5, 0.6) is 0 Å². The Morgan fingerprint density at radius 3 is 2.22 bits per heavy atom. The van der Waals surface area contributed by atoms with Gasteiger partial charge in [-0.1, -0.05) is 6.92 Å². The van der Waals surface area contributed by atoms with Crippen LogP contribution >= 0.6 is 0 Å².